The Bertz CT molecular complexity index is 696. The smallest absolute Gasteiger partial charge is 0.254 e. The van der Waals surface area contributed by atoms with Gasteiger partial charge in [-0.15, -0.1) is 0 Å². The molecule has 0 radical (unpaired) electrons. The van der Waals surface area contributed by atoms with Crippen molar-refractivity contribution in [2.24, 2.45) is 0 Å². The van der Waals surface area contributed by atoms with Crippen LogP contribution in [0.4, 0.5) is 0 Å². The van der Waals surface area contributed by atoms with Gasteiger partial charge >= 0.3 is 0 Å². The van der Waals surface area contributed by atoms with E-state index in [0.717, 1.165) is 22.4 Å². The van der Waals surface area contributed by atoms with Gasteiger partial charge in [0, 0.05) is 12.1 Å². The summed E-state index contributed by atoms with van der Waals surface area (Å²) in [5.74, 6) is 0.919. The Morgan fingerprint density at radius 2 is 1.92 bits per heavy atom. The Morgan fingerprint density at radius 3 is 2.67 bits per heavy atom. The van der Waals surface area contributed by atoms with Gasteiger partial charge in [-0.1, -0.05) is 35.9 Å². The second-order valence-corrected chi connectivity index (χ2v) is 6.19. The molecule has 4 heteroatoms. The van der Waals surface area contributed by atoms with Crippen LogP contribution in [0.1, 0.15) is 21.5 Å². The summed E-state index contributed by atoms with van der Waals surface area (Å²) in [6.45, 7) is 6.19. The summed E-state index contributed by atoms with van der Waals surface area (Å²) in [6, 6.07) is 15.6. The molecule has 1 atom stereocenters. The predicted octanol–water partition coefficient (Wildman–Crippen LogP) is 3.22. The summed E-state index contributed by atoms with van der Waals surface area (Å²) >= 11 is 0. The van der Waals surface area contributed by atoms with Crippen LogP contribution < -0.4 is 4.74 Å². The zero-order valence-corrected chi connectivity index (χ0v) is 14.2. The Hall–Kier alpha value is -2.33. The van der Waals surface area contributed by atoms with Gasteiger partial charge in [-0.3, -0.25) is 4.79 Å². The van der Waals surface area contributed by atoms with Crippen LogP contribution in [0.15, 0.2) is 48.5 Å². The van der Waals surface area contributed by atoms with E-state index in [-0.39, 0.29) is 12.0 Å². The fourth-order valence-corrected chi connectivity index (χ4v) is 2.78. The van der Waals surface area contributed by atoms with E-state index >= 15 is 0 Å². The lowest BCUT2D eigenvalue weighted by Crippen LogP contribution is -2.47. The summed E-state index contributed by atoms with van der Waals surface area (Å²) in [5, 5.41) is 0. The second-order valence-electron chi connectivity index (χ2n) is 6.19. The van der Waals surface area contributed by atoms with Gasteiger partial charge in [0.2, 0.25) is 0 Å². The number of hydrogen-bond acceptors (Lipinski definition) is 3. The number of nitrogens with zero attached hydrogens (tertiary/aromatic N) is 1. The van der Waals surface area contributed by atoms with Crippen molar-refractivity contribution in [3.63, 3.8) is 0 Å². The number of para-hydroxylation sites is 1. The number of aryl methyl sites for hydroxylation is 2. The van der Waals surface area contributed by atoms with E-state index in [0.29, 0.717) is 26.3 Å². The number of benzene rings is 2. The molecule has 1 amide bonds. The first-order valence-electron chi connectivity index (χ1n) is 8.29. The van der Waals surface area contributed by atoms with E-state index in [2.05, 4.69) is 0 Å². The molecule has 24 heavy (non-hydrogen) atoms. The minimum Gasteiger partial charge on any atom is -0.491 e. The summed E-state index contributed by atoms with van der Waals surface area (Å²) in [4.78, 5) is 14.5. The molecule has 1 heterocycles. The minimum atomic E-state index is -0.104. The van der Waals surface area contributed by atoms with Crippen molar-refractivity contribution < 1.29 is 14.3 Å². The highest BCUT2D eigenvalue weighted by atomic mass is 16.5. The lowest BCUT2D eigenvalue weighted by Gasteiger charge is -2.33. The van der Waals surface area contributed by atoms with Crippen molar-refractivity contribution in [1.82, 2.24) is 4.90 Å². The van der Waals surface area contributed by atoms with Crippen LogP contribution in [-0.4, -0.2) is 43.2 Å². The lowest BCUT2D eigenvalue weighted by molar-refractivity contribution is -0.0402. The standard InChI is InChI=1S/C20H23NO3/c1-15-7-9-17(10-8-15)20(22)21-11-12-23-18(13-21)14-24-19-6-4-3-5-16(19)2/h3-10,18H,11-14H2,1-2H3/t18-/m0/s1. The predicted molar refractivity (Wildman–Crippen MR) is 93.5 cm³/mol. The van der Waals surface area contributed by atoms with E-state index in [1.54, 1.807) is 0 Å². The first-order chi connectivity index (χ1) is 11.6. The summed E-state index contributed by atoms with van der Waals surface area (Å²) in [5.41, 5.74) is 2.97. The first-order valence-corrected chi connectivity index (χ1v) is 8.29. The molecule has 4 nitrogen and oxygen atoms in total. The molecule has 0 saturated carbocycles. The molecule has 0 bridgehead atoms. The van der Waals surface area contributed by atoms with Crippen LogP contribution in [-0.2, 0) is 4.74 Å². The van der Waals surface area contributed by atoms with Crippen LogP contribution in [0, 0.1) is 13.8 Å². The number of hydrogen-bond donors (Lipinski definition) is 0. The van der Waals surface area contributed by atoms with Crippen molar-refractivity contribution >= 4 is 5.91 Å². The van der Waals surface area contributed by atoms with E-state index in [4.69, 9.17) is 9.47 Å². The quantitative estimate of drug-likeness (QED) is 0.866. The molecule has 0 aliphatic carbocycles. The number of carbonyl (C=O) groups is 1. The molecule has 0 N–H and O–H groups in total. The van der Waals surface area contributed by atoms with Gasteiger partial charge in [0.25, 0.3) is 5.91 Å². The van der Waals surface area contributed by atoms with E-state index in [1.807, 2.05) is 67.3 Å². The fraction of sp³-hybridized carbons (Fsp3) is 0.350. The van der Waals surface area contributed by atoms with E-state index < -0.39 is 0 Å². The highest BCUT2D eigenvalue weighted by molar-refractivity contribution is 5.94. The Morgan fingerprint density at radius 1 is 1.17 bits per heavy atom. The first kappa shape index (κ1) is 16.5. The van der Waals surface area contributed by atoms with Gasteiger partial charge in [-0.25, -0.2) is 0 Å². The van der Waals surface area contributed by atoms with Crippen molar-refractivity contribution in [3.05, 3.63) is 65.2 Å². The number of carbonyl (C=O) groups excluding carboxylic acids is 1. The Balaban J connectivity index is 1.59. The second kappa shape index (κ2) is 7.49. The van der Waals surface area contributed by atoms with Crippen LogP contribution >= 0.6 is 0 Å². The molecular weight excluding hydrogens is 302 g/mol. The average Bonchev–Trinajstić information content (AvgIpc) is 2.61. The molecule has 1 fully saturated rings. The maximum atomic E-state index is 12.6. The summed E-state index contributed by atoms with van der Waals surface area (Å²) in [6.07, 6.45) is -0.104. The molecule has 1 aliphatic heterocycles. The highest BCUT2D eigenvalue weighted by Gasteiger charge is 2.25. The SMILES string of the molecule is Cc1ccc(C(=O)N2CCO[C@H](COc3ccccc3C)C2)cc1. The van der Waals surface area contributed by atoms with Gasteiger partial charge in [0.1, 0.15) is 18.5 Å². The lowest BCUT2D eigenvalue weighted by atomic mass is 10.1. The maximum Gasteiger partial charge on any atom is 0.254 e. The van der Waals surface area contributed by atoms with Crippen LogP contribution in [0.2, 0.25) is 0 Å². The van der Waals surface area contributed by atoms with Crippen molar-refractivity contribution in [2.45, 2.75) is 20.0 Å². The minimum absolute atomic E-state index is 0.0548. The molecule has 0 spiro atoms. The van der Waals surface area contributed by atoms with E-state index in [1.165, 1.54) is 0 Å². The normalized spacial score (nSPS) is 17.6. The Labute approximate surface area is 143 Å². The Kier molecular flexibility index (Phi) is 5.16. The zero-order valence-electron chi connectivity index (χ0n) is 14.2. The van der Waals surface area contributed by atoms with Gasteiger partial charge in [0.05, 0.1) is 13.2 Å². The molecular formula is C20H23NO3. The maximum absolute atomic E-state index is 12.6. The summed E-state index contributed by atoms with van der Waals surface area (Å²) < 4.78 is 11.6. The van der Waals surface area contributed by atoms with Gasteiger partial charge in [-0.2, -0.15) is 0 Å². The number of morpholine rings is 1. The van der Waals surface area contributed by atoms with E-state index in [9.17, 15) is 4.79 Å². The number of ether oxygens (including phenoxy) is 2. The largest absolute Gasteiger partial charge is 0.491 e. The van der Waals surface area contributed by atoms with Crippen molar-refractivity contribution in [1.29, 1.82) is 0 Å². The summed E-state index contributed by atoms with van der Waals surface area (Å²) in [7, 11) is 0. The van der Waals surface area contributed by atoms with Crippen molar-refractivity contribution in [3.8, 4) is 5.75 Å². The monoisotopic (exact) mass is 325 g/mol. The topological polar surface area (TPSA) is 38.8 Å². The van der Waals surface area contributed by atoms with Gasteiger partial charge < -0.3 is 14.4 Å². The number of rotatable bonds is 4. The molecule has 1 aliphatic rings. The number of amides is 1. The molecule has 2 aromatic carbocycles. The third kappa shape index (κ3) is 3.95. The molecule has 0 unspecified atom stereocenters. The van der Waals surface area contributed by atoms with Crippen LogP contribution in [0.25, 0.3) is 0 Å². The fourth-order valence-electron chi connectivity index (χ4n) is 2.78. The average molecular weight is 325 g/mol. The highest BCUT2D eigenvalue weighted by Crippen LogP contribution is 2.18. The van der Waals surface area contributed by atoms with Gasteiger partial charge in [0.15, 0.2) is 0 Å². The third-order valence-electron chi connectivity index (χ3n) is 4.24. The van der Waals surface area contributed by atoms with Crippen LogP contribution in [0.5, 0.6) is 5.75 Å². The molecule has 1 saturated heterocycles. The van der Waals surface area contributed by atoms with Gasteiger partial charge in [-0.05, 0) is 37.6 Å². The molecule has 3 rings (SSSR count). The van der Waals surface area contributed by atoms with Crippen molar-refractivity contribution in [2.75, 3.05) is 26.3 Å². The zero-order chi connectivity index (χ0) is 16.9. The third-order valence-corrected chi connectivity index (χ3v) is 4.24. The molecule has 0 aromatic heterocycles. The molecule has 2 aromatic rings. The van der Waals surface area contributed by atoms with Crippen LogP contribution in [0.3, 0.4) is 0 Å². The molecule has 126 valence electrons.